The lowest BCUT2D eigenvalue weighted by Gasteiger charge is -2.28. The van der Waals surface area contributed by atoms with Crippen LogP contribution < -0.4 is 15.0 Å². The Bertz CT molecular complexity index is 1170. The minimum absolute atomic E-state index is 0.130. The summed E-state index contributed by atoms with van der Waals surface area (Å²) in [6, 6.07) is 14.8. The molecule has 0 aliphatic carbocycles. The SMILES string of the molecule is CCOC(=O)c1c(-c2ccc(C)cc2)csc1NC(=O)CN1C(=O)COc2ccccc21. The second-order valence-corrected chi connectivity index (χ2v) is 8.10. The van der Waals surface area contributed by atoms with Crippen molar-refractivity contribution in [3.63, 3.8) is 0 Å². The Morgan fingerprint density at radius 1 is 1.16 bits per heavy atom. The number of amides is 2. The molecule has 1 aromatic heterocycles. The minimum atomic E-state index is -0.507. The molecule has 164 valence electrons. The van der Waals surface area contributed by atoms with Crippen LogP contribution in [0.2, 0.25) is 0 Å². The van der Waals surface area contributed by atoms with Crippen LogP contribution in [0.1, 0.15) is 22.8 Å². The highest BCUT2D eigenvalue weighted by molar-refractivity contribution is 7.15. The highest BCUT2D eigenvalue weighted by atomic mass is 32.1. The van der Waals surface area contributed by atoms with Gasteiger partial charge in [-0.25, -0.2) is 4.79 Å². The molecule has 2 heterocycles. The van der Waals surface area contributed by atoms with E-state index in [1.165, 1.54) is 16.2 Å². The van der Waals surface area contributed by atoms with Crippen molar-refractivity contribution in [1.29, 1.82) is 0 Å². The molecule has 3 aromatic rings. The number of nitrogens with zero attached hydrogens (tertiary/aromatic N) is 1. The van der Waals surface area contributed by atoms with Gasteiger partial charge in [0.15, 0.2) is 6.61 Å². The summed E-state index contributed by atoms with van der Waals surface area (Å²) in [7, 11) is 0. The predicted octanol–water partition coefficient (Wildman–Crippen LogP) is 4.26. The summed E-state index contributed by atoms with van der Waals surface area (Å²) in [5, 5.41) is 5.00. The Labute approximate surface area is 189 Å². The molecule has 8 heteroatoms. The maximum absolute atomic E-state index is 12.9. The Morgan fingerprint density at radius 2 is 1.91 bits per heavy atom. The van der Waals surface area contributed by atoms with Crippen molar-refractivity contribution in [3.05, 3.63) is 65.0 Å². The number of nitrogens with one attached hydrogen (secondary N) is 1. The molecule has 0 saturated heterocycles. The van der Waals surface area contributed by atoms with Gasteiger partial charge in [-0.1, -0.05) is 42.0 Å². The quantitative estimate of drug-likeness (QED) is 0.567. The van der Waals surface area contributed by atoms with Gasteiger partial charge in [-0.15, -0.1) is 11.3 Å². The fraction of sp³-hybridized carbons (Fsp3) is 0.208. The lowest BCUT2D eigenvalue weighted by Crippen LogP contribution is -2.43. The number of fused-ring (bicyclic) bond motifs is 1. The largest absolute Gasteiger partial charge is 0.482 e. The number of thiophene rings is 1. The molecular weight excluding hydrogens is 428 g/mol. The van der Waals surface area contributed by atoms with Crippen molar-refractivity contribution in [2.45, 2.75) is 13.8 Å². The fourth-order valence-corrected chi connectivity index (χ4v) is 4.41. The second kappa shape index (κ2) is 9.23. The van der Waals surface area contributed by atoms with Crippen LogP contribution >= 0.6 is 11.3 Å². The van der Waals surface area contributed by atoms with Gasteiger partial charge in [0, 0.05) is 10.9 Å². The molecule has 2 aromatic carbocycles. The minimum Gasteiger partial charge on any atom is -0.482 e. The summed E-state index contributed by atoms with van der Waals surface area (Å²) in [5.41, 5.74) is 3.49. The van der Waals surface area contributed by atoms with Crippen LogP contribution in [0.3, 0.4) is 0 Å². The van der Waals surface area contributed by atoms with E-state index < -0.39 is 11.9 Å². The molecular formula is C24H22N2O5S. The van der Waals surface area contributed by atoms with Crippen molar-refractivity contribution in [2.75, 3.05) is 30.0 Å². The van der Waals surface area contributed by atoms with E-state index in [2.05, 4.69) is 5.32 Å². The maximum atomic E-state index is 12.9. The van der Waals surface area contributed by atoms with Gasteiger partial charge in [-0.3, -0.25) is 14.5 Å². The standard InChI is InChI=1S/C24H22N2O5S/c1-3-30-24(29)22-17(16-10-8-15(2)9-11-16)14-32-23(22)25-20(27)12-26-18-6-4-5-7-19(18)31-13-21(26)28/h4-11,14H,3,12-13H2,1-2H3,(H,25,27). The summed E-state index contributed by atoms with van der Waals surface area (Å²) in [4.78, 5) is 39.3. The molecule has 1 aliphatic heterocycles. The van der Waals surface area contributed by atoms with Crippen LogP contribution in [0.4, 0.5) is 10.7 Å². The van der Waals surface area contributed by atoms with Gasteiger partial charge in [0.25, 0.3) is 5.91 Å². The summed E-state index contributed by atoms with van der Waals surface area (Å²) in [6.07, 6.45) is 0. The normalized spacial score (nSPS) is 12.7. The highest BCUT2D eigenvalue weighted by Crippen LogP contribution is 2.37. The molecule has 0 atom stereocenters. The molecule has 1 aliphatic rings. The number of hydrogen-bond donors (Lipinski definition) is 1. The average molecular weight is 451 g/mol. The topological polar surface area (TPSA) is 84.9 Å². The van der Waals surface area contributed by atoms with E-state index >= 15 is 0 Å². The number of aryl methyl sites for hydroxylation is 1. The van der Waals surface area contributed by atoms with E-state index in [4.69, 9.17) is 9.47 Å². The van der Waals surface area contributed by atoms with Gasteiger partial charge in [0.05, 0.1) is 12.3 Å². The first kappa shape index (κ1) is 21.6. The Balaban J connectivity index is 1.60. The lowest BCUT2D eigenvalue weighted by molar-refractivity contribution is -0.123. The average Bonchev–Trinajstić information content (AvgIpc) is 3.20. The van der Waals surface area contributed by atoms with Crippen LogP contribution in [0.5, 0.6) is 5.75 Å². The molecule has 2 amide bonds. The molecule has 0 saturated carbocycles. The zero-order chi connectivity index (χ0) is 22.7. The van der Waals surface area contributed by atoms with Crippen LogP contribution in [-0.4, -0.2) is 37.5 Å². The first-order valence-corrected chi connectivity index (χ1v) is 11.0. The zero-order valence-corrected chi connectivity index (χ0v) is 18.5. The number of esters is 1. The molecule has 7 nitrogen and oxygen atoms in total. The highest BCUT2D eigenvalue weighted by Gasteiger charge is 2.28. The third-order valence-electron chi connectivity index (χ3n) is 5.00. The van der Waals surface area contributed by atoms with E-state index in [9.17, 15) is 14.4 Å². The van der Waals surface area contributed by atoms with Crippen molar-refractivity contribution in [2.24, 2.45) is 0 Å². The Morgan fingerprint density at radius 3 is 2.66 bits per heavy atom. The van der Waals surface area contributed by atoms with E-state index in [1.54, 1.807) is 31.2 Å². The predicted molar refractivity (Wildman–Crippen MR) is 123 cm³/mol. The second-order valence-electron chi connectivity index (χ2n) is 7.22. The van der Waals surface area contributed by atoms with Crippen molar-refractivity contribution < 1.29 is 23.9 Å². The van der Waals surface area contributed by atoms with Crippen LogP contribution in [0.25, 0.3) is 11.1 Å². The van der Waals surface area contributed by atoms with E-state index in [0.29, 0.717) is 27.6 Å². The van der Waals surface area contributed by atoms with Gasteiger partial charge in [-0.2, -0.15) is 0 Å². The molecule has 0 unspecified atom stereocenters. The molecule has 0 spiro atoms. The zero-order valence-electron chi connectivity index (χ0n) is 17.7. The summed E-state index contributed by atoms with van der Waals surface area (Å²) >= 11 is 1.25. The van der Waals surface area contributed by atoms with E-state index in [0.717, 1.165) is 11.1 Å². The summed E-state index contributed by atoms with van der Waals surface area (Å²) in [6.45, 7) is 3.61. The van der Waals surface area contributed by atoms with E-state index in [1.807, 2.05) is 36.6 Å². The van der Waals surface area contributed by atoms with Gasteiger partial charge in [0.1, 0.15) is 22.9 Å². The monoisotopic (exact) mass is 450 g/mol. The molecule has 4 rings (SSSR count). The molecule has 1 N–H and O–H groups in total. The third-order valence-corrected chi connectivity index (χ3v) is 5.89. The smallest absolute Gasteiger partial charge is 0.341 e. The molecule has 0 radical (unpaired) electrons. The van der Waals surface area contributed by atoms with Crippen LogP contribution in [0, 0.1) is 6.92 Å². The lowest BCUT2D eigenvalue weighted by atomic mass is 10.0. The first-order valence-electron chi connectivity index (χ1n) is 10.2. The number of rotatable bonds is 6. The molecule has 32 heavy (non-hydrogen) atoms. The van der Waals surface area contributed by atoms with Crippen molar-refractivity contribution in [1.82, 2.24) is 0 Å². The Hall–Kier alpha value is -3.65. The molecule has 0 bridgehead atoms. The van der Waals surface area contributed by atoms with Gasteiger partial charge >= 0.3 is 5.97 Å². The van der Waals surface area contributed by atoms with Crippen molar-refractivity contribution >= 4 is 39.8 Å². The molecule has 0 fully saturated rings. The first-order chi connectivity index (χ1) is 15.5. The number of benzene rings is 2. The van der Waals surface area contributed by atoms with Crippen LogP contribution in [-0.2, 0) is 14.3 Å². The maximum Gasteiger partial charge on any atom is 0.341 e. The number of anilines is 2. The summed E-state index contributed by atoms with van der Waals surface area (Å²) in [5.74, 6) is -0.689. The fourth-order valence-electron chi connectivity index (χ4n) is 3.44. The van der Waals surface area contributed by atoms with Crippen molar-refractivity contribution in [3.8, 4) is 16.9 Å². The number of carbonyl (C=O) groups excluding carboxylic acids is 3. The van der Waals surface area contributed by atoms with Gasteiger partial charge in [0.2, 0.25) is 5.91 Å². The van der Waals surface area contributed by atoms with Gasteiger partial charge in [-0.05, 0) is 31.5 Å². The number of ether oxygens (including phenoxy) is 2. The third kappa shape index (κ3) is 4.36. The van der Waals surface area contributed by atoms with Crippen LogP contribution in [0.15, 0.2) is 53.9 Å². The number of para-hydroxylation sites is 2. The number of hydrogen-bond acceptors (Lipinski definition) is 6. The Kier molecular flexibility index (Phi) is 6.23. The summed E-state index contributed by atoms with van der Waals surface area (Å²) < 4.78 is 10.7. The van der Waals surface area contributed by atoms with Gasteiger partial charge < -0.3 is 14.8 Å². The number of carbonyl (C=O) groups is 3. The van der Waals surface area contributed by atoms with E-state index in [-0.39, 0.29) is 25.7 Å².